The van der Waals surface area contributed by atoms with Gasteiger partial charge < -0.3 is 9.32 Å². The lowest BCUT2D eigenvalue weighted by Gasteiger charge is -2.43. The Balaban J connectivity index is 1.30. The zero-order valence-corrected chi connectivity index (χ0v) is 25.4. The highest BCUT2D eigenvalue weighted by atomic mass is 16.3. The molecule has 7 aromatic carbocycles. The Morgan fingerprint density at radius 3 is 2.26 bits per heavy atom. The lowest BCUT2D eigenvalue weighted by atomic mass is 9.67. The van der Waals surface area contributed by atoms with Crippen LogP contribution in [0, 0.1) is 0 Å². The summed E-state index contributed by atoms with van der Waals surface area (Å²) in [4.78, 5) is 2.51. The molecule has 1 aromatic heterocycles. The van der Waals surface area contributed by atoms with Crippen molar-refractivity contribution in [3.8, 4) is 0 Å². The summed E-state index contributed by atoms with van der Waals surface area (Å²) in [6.45, 7) is 2.50. The standard InChI is InChI=1S/C44H29NO/c1-44-35-15-7-5-12-28(35)32-14-9-16-36(42(32)44)45(27-10-3-2-4-11-27)37-24-22-31-33(43(37)44)21-19-26-18-20-30-29(40(26)31)23-25-39-41(30)34-13-6-8-17-38(34)46-39/h2-11,13-25,28H,12H2,1H3. The number of fused-ring (bicyclic) bond motifs is 15. The van der Waals surface area contributed by atoms with Gasteiger partial charge in [-0.1, -0.05) is 97.1 Å². The minimum atomic E-state index is -0.242. The lowest BCUT2D eigenvalue weighted by Crippen LogP contribution is -2.33. The van der Waals surface area contributed by atoms with E-state index in [2.05, 4.69) is 145 Å². The largest absolute Gasteiger partial charge is 0.456 e. The predicted molar refractivity (Wildman–Crippen MR) is 192 cm³/mol. The molecule has 2 atom stereocenters. The third-order valence-electron chi connectivity index (χ3n) is 11.2. The van der Waals surface area contributed by atoms with Crippen LogP contribution in [0.4, 0.5) is 17.1 Å². The van der Waals surface area contributed by atoms with Crippen molar-refractivity contribution in [2.45, 2.75) is 24.7 Å². The molecule has 2 nitrogen and oxygen atoms in total. The Morgan fingerprint density at radius 1 is 0.609 bits per heavy atom. The van der Waals surface area contributed by atoms with Crippen molar-refractivity contribution in [1.29, 1.82) is 0 Å². The molecule has 2 heterocycles. The average Bonchev–Trinajstić information content (AvgIpc) is 3.62. The second-order valence-corrected chi connectivity index (χ2v) is 13.3. The van der Waals surface area contributed by atoms with Gasteiger partial charge >= 0.3 is 0 Å². The first-order chi connectivity index (χ1) is 22.7. The van der Waals surface area contributed by atoms with E-state index in [9.17, 15) is 0 Å². The lowest BCUT2D eigenvalue weighted by molar-refractivity contribution is 0.653. The van der Waals surface area contributed by atoms with Crippen molar-refractivity contribution in [3.63, 3.8) is 0 Å². The Kier molecular flexibility index (Phi) is 4.59. The molecule has 0 N–H and O–H groups in total. The van der Waals surface area contributed by atoms with Crippen LogP contribution in [0.1, 0.15) is 36.0 Å². The molecule has 1 aliphatic heterocycles. The van der Waals surface area contributed by atoms with Gasteiger partial charge in [0.25, 0.3) is 0 Å². The quantitative estimate of drug-likeness (QED) is 0.178. The fraction of sp³-hybridized carbons (Fsp3) is 0.0909. The molecule has 216 valence electrons. The Hall–Kier alpha value is -5.60. The molecule has 0 amide bonds. The van der Waals surface area contributed by atoms with E-state index in [0.717, 1.165) is 17.6 Å². The van der Waals surface area contributed by atoms with E-state index >= 15 is 0 Å². The highest BCUT2D eigenvalue weighted by Gasteiger charge is 2.52. The normalized spacial score (nSPS) is 19.6. The highest BCUT2D eigenvalue weighted by Crippen LogP contribution is 2.65. The molecule has 0 fully saturated rings. The molecular formula is C44H29NO. The second kappa shape index (κ2) is 8.56. The first-order valence-corrected chi connectivity index (χ1v) is 16.3. The van der Waals surface area contributed by atoms with Crippen molar-refractivity contribution >= 4 is 71.3 Å². The van der Waals surface area contributed by atoms with Crippen LogP contribution in [-0.4, -0.2) is 0 Å². The summed E-state index contributed by atoms with van der Waals surface area (Å²) < 4.78 is 6.30. The molecular weight excluding hydrogens is 558 g/mol. The minimum absolute atomic E-state index is 0.242. The van der Waals surface area contributed by atoms with Gasteiger partial charge in [0.2, 0.25) is 0 Å². The van der Waals surface area contributed by atoms with Crippen LogP contribution in [0.25, 0.3) is 54.3 Å². The SMILES string of the molecule is CC12C3=CC=CCC3c3cccc(c31)N(c1ccccc1)c1ccc3c(ccc4ccc5c(ccc6oc7ccccc7c65)c43)c12. The zero-order valence-electron chi connectivity index (χ0n) is 25.4. The maximum absolute atomic E-state index is 6.30. The van der Waals surface area contributed by atoms with Crippen LogP contribution >= 0.6 is 0 Å². The van der Waals surface area contributed by atoms with E-state index < -0.39 is 0 Å². The van der Waals surface area contributed by atoms with Gasteiger partial charge in [-0.15, -0.1) is 0 Å². The summed E-state index contributed by atoms with van der Waals surface area (Å²) in [6.07, 6.45) is 8.08. The summed E-state index contributed by atoms with van der Waals surface area (Å²) >= 11 is 0. The Bertz CT molecular complexity index is 2690. The second-order valence-electron chi connectivity index (χ2n) is 13.3. The van der Waals surface area contributed by atoms with Crippen LogP contribution in [0.3, 0.4) is 0 Å². The summed E-state index contributed by atoms with van der Waals surface area (Å²) in [5, 5.41) is 10.1. The van der Waals surface area contributed by atoms with E-state index in [1.165, 1.54) is 82.4 Å². The van der Waals surface area contributed by atoms with Crippen LogP contribution in [0.15, 0.2) is 150 Å². The molecule has 0 radical (unpaired) electrons. The van der Waals surface area contributed by atoms with E-state index in [1.807, 2.05) is 6.07 Å². The van der Waals surface area contributed by atoms with E-state index in [-0.39, 0.29) is 5.41 Å². The summed E-state index contributed by atoms with van der Waals surface area (Å²) in [7, 11) is 0. The third kappa shape index (κ3) is 2.89. The summed E-state index contributed by atoms with van der Waals surface area (Å²) in [5.74, 6) is 0.396. The molecule has 0 spiro atoms. The van der Waals surface area contributed by atoms with Crippen molar-refractivity contribution in [2.24, 2.45) is 0 Å². The number of benzene rings is 7. The molecule has 3 aliphatic rings. The number of nitrogens with zero attached hydrogens (tertiary/aromatic N) is 1. The monoisotopic (exact) mass is 587 g/mol. The number of rotatable bonds is 1. The van der Waals surface area contributed by atoms with Gasteiger partial charge in [0.05, 0.1) is 11.4 Å². The Morgan fingerprint density at radius 2 is 1.35 bits per heavy atom. The Labute approximate surface area is 266 Å². The molecule has 2 aliphatic carbocycles. The topological polar surface area (TPSA) is 16.4 Å². The van der Waals surface area contributed by atoms with E-state index in [4.69, 9.17) is 4.42 Å². The van der Waals surface area contributed by atoms with Crippen LogP contribution in [-0.2, 0) is 5.41 Å². The number of allylic oxidation sites excluding steroid dienone is 4. The number of hydrogen-bond donors (Lipinski definition) is 0. The van der Waals surface area contributed by atoms with Crippen LogP contribution < -0.4 is 4.90 Å². The molecule has 0 saturated carbocycles. The van der Waals surface area contributed by atoms with Gasteiger partial charge in [-0.2, -0.15) is 0 Å². The van der Waals surface area contributed by atoms with E-state index in [1.54, 1.807) is 0 Å². The summed E-state index contributed by atoms with van der Waals surface area (Å²) in [5.41, 5.74) is 11.3. The first kappa shape index (κ1) is 24.7. The maximum atomic E-state index is 6.30. The molecule has 2 heteroatoms. The highest BCUT2D eigenvalue weighted by molar-refractivity contribution is 6.28. The first-order valence-electron chi connectivity index (χ1n) is 16.3. The molecule has 8 aromatic rings. The van der Waals surface area contributed by atoms with Crippen molar-refractivity contribution in [3.05, 3.63) is 162 Å². The number of hydrogen-bond acceptors (Lipinski definition) is 2. The molecule has 46 heavy (non-hydrogen) atoms. The number of furan rings is 1. The molecule has 0 saturated heterocycles. The fourth-order valence-electron chi connectivity index (χ4n) is 9.39. The van der Waals surface area contributed by atoms with E-state index in [0.29, 0.717) is 5.92 Å². The van der Waals surface area contributed by atoms with Gasteiger partial charge in [-0.25, -0.2) is 0 Å². The fourth-order valence-corrected chi connectivity index (χ4v) is 9.39. The minimum Gasteiger partial charge on any atom is -0.456 e. The zero-order chi connectivity index (χ0) is 30.1. The van der Waals surface area contributed by atoms with Crippen molar-refractivity contribution in [1.82, 2.24) is 0 Å². The van der Waals surface area contributed by atoms with Crippen LogP contribution in [0.5, 0.6) is 0 Å². The van der Waals surface area contributed by atoms with Crippen molar-refractivity contribution < 1.29 is 4.42 Å². The van der Waals surface area contributed by atoms with Crippen molar-refractivity contribution in [2.75, 3.05) is 4.90 Å². The van der Waals surface area contributed by atoms with Gasteiger partial charge in [0.15, 0.2) is 0 Å². The maximum Gasteiger partial charge on any atom is 0.136 e. The summed E-state index contributed by atoms with van der Waals surface area (Å²) in [6, 6.07) is 44.8. The van der Waals surface area contributed by atoms with Crippen LogP contribution in [0.2, 0.25) is 0 Å². The average molecular weight is 588 g/mol. The number of para-hydroxylation sites is 2. The van der Waals surface area contributed by atoms with Gasteiger partial charge in [0.1, 0.15) is 11.2 Å². The number of anilines is 3. The van der Waals surface area contributed by atoms with Gasteiger partial charge in [-0.05, 0) is 110 Å². The van der Waals surface area contributed by atoms with Gasteiger partial charge in [-0.3, -0.25) is 0 Å². The van der Waals surface area contributed by atoms with Gasteiger partial charge in [0, 0.05) is 27.8 Å². The smallest absolute Gasteiger partial charge is 0.136 e. The molecule has 0 bridgehead atoms. The third-order valence-corrected chi connectivity index (χ3v) is 11.2. The molecule has 11 rings (SSSR count). The molecule has 2 unspecified atom stereocenters. The predicted octanol–water partition coefficient (Wildman–Crippen LogP) is 12.1.